The van der Waals surface area contributed by atoms with Crippen molar-refractivity contribution in [3.05, 3.63) is 95.4 Å². The zero-order valence-corrected chi connectivity index (χ0v) is 35.5. The molecule has 3 amide bonds. The van der Waals surface area contributed by atoms with Crippen molar-refractivity contribution in [1.29, 1.82) is 0 Å². The average molecular weight is 819 g/mol. The fourth-order valence-electron chi connectivity index (χ4n) is 6.47. The summed E-state index contributed by atoms with van der Waals surface area (Å²) in [4.78, 5) is 80.2. The van der Waals surface area contributed by atoms with Crippen LogP contribution in [0.2, 0.25) is 0 Å². The molecule has 14 nitrogen and oxygen atoms in total. The molecule has 2 aliphatic heterocycles. The molecule has 3 rings (SSSR count). The molecule has 0 aromatic heterocycles. The first-order valence-corrected chi connectivity index (χ1v) is 20.2. The van der Waals surface area contributed by atoms with E-state index in [1.807, 2.05) is 0 Å². The number of amides is 3. The van der Waals surface area contributed by atoms with Gasteiger partial charge < -0.3 is 35.1 Å². The molecular formula is C45H62N4O10. The van der Waals surface area contributed by atoms with Crippen molar-refractivity contribution in [2.75, 3.05) is 6.54 Å². The second kappa shape index (κ2) is 22.7. The van der Waals surface area contributed by atoms with Gasteiger partial charge in [-0.1, -0.05) is 62.5 Å². The first-order chi connectivity index (χ1) is 27.7. The number of esters is 2. The molecule has 0 radical (unpaired) electrons. The maximum atomic E-state index is 14.3. The van der Waals surface area contributed by atoms with E-state index in [4.69, 9.17) is 9.47 Å². The number of nitrogens with one attached hydrogen (secondary N) is 3. The normalized spacial score (nSPS) is 26.7. The van der Waals surface area contributed by atoms with Gasteiger partial charge in [-0.25, -0.2) is 10.2 Å². The second-order valence-corrected chi connectivity index (χ2v) is 16.4. The first kappa shape index (κ1) is 48.0. The van der Waals surface area contributed by atoms with E-state index in [0.29, 0.717) is 36.0 Å². The van der Waals surface area contributed by atoms with Gasteiger partial charge in [0.2, 0.25) is 11.8 Å². The van der Waals surface area contributed by atoms with E-state index in [1.54, 1.807) is 91.0 Å². The molecule has 6 unspecified atom stereocenters. The summed E-state index contributed by atoms with van der Waals surface area (Å²) >= 11 is 0. The number of Topliss-reactive ketones (excluding diaryl/α,β-unsaturated/α-hetero) is 1. The van der Waals surface area contributed by atoms with Gasteiger partial charge in [0.1, 0.15) is 41.4 Å². The fourth-order valence-corrected chi connectivity index (χ4v) is 6.47. The molecule has 14 heteroatoms. The highest BCUT2D eigenvalue weighted by molar-refractivity contribution is 5.94. The number of nitrogens with zero attached hydrogens (tertiary/aromatic N) is 1. The Kier molecular flexibility index (Phi) is 18.5. The summed E-state index contributed by atoms with van der Waals surface area (Å²) < 4.78 is 11.4. The Hall–Kier alpha value is -5.34. The summed E-state index contributed by atoms with van der Waals surface area (Å²) in [5.74, 6) is -4.77. The molecule has 5 N–H and O–H groups in total. The summed E-state index contributed by atoms with van der Waals surface area (Å²) in [6.45, 7) is 13.8. The van der Waals surface area contributed by atoms with Gasteiger partial charge in [0.15, 0.2) is 0 Å². The lowest BCUT2D eigenvalue weighted by Crippen LogP contribution is -2.61. The van der Waals surface area contributed by atoms with Gasteiger partial charge in [0.05, 0.1) is 12.0 Å². The monoisotopic (exact) mass is 818 g/mol. The highest BCUT2D eigenvalue weighted by Gasteiger charge is 2.37. The highest BCUT2D eigenvalue weighted by Crippen LogP contribution is 2.22. The lowest BCUT2D eigenvalue weighted by molar-refractivity contribution is -0.155. The van der Waals surface area contributed by atoms with E-state index in [0.717, 1.165) is 0 Å². The van der Waals surface area contributed by atoms with E-state index in [2.05, 4.69) is 16.1 Å². The summed E-state index contributed by atoms with van der Waals surface area (Å²) in [6, 6.07) is -3.35. The largest absolute Gasteiger partial charge is 0.508 e. The third-order valence-corrected chi connectivity index (χ3v) is 9.73. The Balaban J connectivity index is 2.07. The molecule has 0 aromatic carbocycles. The predicted octanol–water partition coefficient (Wildman–Crippen LogP) is 5.00. The van der Waals surface area contributed by atoms with Crippen molar-refractivity contribution < 1.29 is 48.5 Å². The number of aliphatic hydroxyl groups is 2. The molecule has 1 saturated heterocycles. The highest BCUT2D eigenvalue weighted by atomic mass is 16.6. The Morgan fingerprint density at radius 1 is 1.05 bits per heavy atom. The molecule has 6 atom stereocenters. The van der Waals surface area contributed by atoms with Crippen LogP contribution in [0.5, 0.6) is 0 Å². The van der Waals surface area contributed by atoms with Crippen LogP contribution in [0.1, 0.15) is 93.9 Å². The van der Waals surface area contributed by atoms with Gasteiger partial charge in [-0.15, -0.1) is 0 Å². The molecule has 2 heterocycles. The van der Waals surface area contributed by atoms with Crippen molar-refractivity contribution in [2.45, 2.75) is 130 Å². The second-order valence-electron chi connectivity index (χ2n) is 16.4. The van der Waals surface area contributed by atoms with Crippen LogP contribution >= 0.6 is 0 Å². The van der Waals surface area contributed by atoms with Gasteiger partial charge in [0, 0.05) is 25.5 Å². The number of hydrogen-bond acceptors (Lipinski definition) is 11. The van der Waals surface area contributed by atoms with Crippen LogP contribution in [-0.4, -0.2) is 93.1 Å². The van der Waals surface area contributed by atoms with Crippen LogP contribution in [0.4, 0.5) is 0 Å². The third kappa shape index (κ3) is 16.1. The van der Waals surface area contributed by atoms with Crippen molar-refractivity contribution in [3.8, 4) is 0 Å². The predicted molar refractivity (Wildman–Crippen MR) is 224 cm³/mol. The maximum Gasteiger partial charge on any atom is 0.331 e. The van der Waals surface area contributed by atoms with E-state index >= 15 is 0 Å². The number of ether oxygens (including phenoxy) is 2. The molecule has 2 bridgehead atoms. The minimum atomic E-state index is -1.29. The average Bonchev–Trinajstić information content (AvgIpc) is 3.15. The quantitative estimate of drug-likeness (QED) is 0.125. The summed E-state index contributed by atoms with van der Waals surface area (Å²) in [5.41, 5.74) is 3.94. The van der Waals surface area contributed by atoms with Crippen LogP contribution in [-0.2, 0) is 38.2 Å². The van der Waals surface area contributed by atoms with Crippen LogP contribution in [0.3, 0.4) is 0 Å². The van der Waals surface area contributed by atoms with E-state index in [-0.39, 0.29) is 37.3 Å². The minimum absolute atomic E-state index is 0.0265. The third-order valence-electron chi connectivity index (χ3n) is 9.73. The Labute approximate surface area is 347 Å². The number of allylic oxidation sites excluding steroid dienone is 10. The Bertz CT molecular complexity index is 1810. The Morgan fingerprint density at radius 2 is 1.78 bits per heavy atom. The smallest absolute Gasteiger partial charge is 0.331 e. The van der Waals surface area contributed by atoms with Crippen molar-refractivity contribution in [2.24, 2.45) is 11.8 Å². The van der Waals surface area contributed by atoms with Crippen LogP contribution in [0.25, 0.3) is 0 Å². The van der Waals surface area contributed by atoms with Gasteiger partial charge >= 0.3 is 11.9 Å². The molecule has 0 aromatic rings. The molecule has 3 aliphatic rings. The van der Waals surface area contributed by atoms with Crippen molar-refractivity contribution in [3.63, 3.8) is 0 Å². The van der Waals surface area contributed by atoms with Crippen LogP contribution in [0.15, 0.2) is 95.4 Å². The van der Waals surface area contributed by atoms with E-state index < -0.39 is 77.4 Å². The number of rotatable bonds is 8. The SMILES string of the molecule is CC(=O)CCC1C(=O)NC(C(C)C)C(=O)NC(C=C2C=C(O)C=CC2)C(=O)N2CCCC(N2)C(=O)OC(C(C)=CC=CC(=O)OC(C)(C)C)CC=CC=CC=C(C)C1O. The lowest BCUT2D eigenvalue weighted by atomic mass is 9.89. The molecule has 0 saturated carbocycles. The molecule has 322 valence electrons. The summed E-state index contributed by atoms with van der Waals surface area (Å²) in [5, 5.41) is 28.4. The number of cyclic esters (lactones) is 1. The number of carbonyl (C=O) groups is 6. The number of ketones is 1. The maximum absolute atomic E-state index is 14.3. The molecule has 0 spiro atoms. The number of hydrogen-bond donors (Lipinski definition) is 5. The number of fused-ring (bicyclic) bond motifs is 2. The van der Waals surface area contributed by atoms with Crippen LogP contribution in [0, 0.1) is 11.8 Å². The van der Waals surface area contributed by atoms with E-state index in [9.17, 15) is 39.0 Å². The minimum Gasteiger partial charge on any atom is -0.508 e. The molecule has 1 fully saturated rings. The van der Waals surface area contributed by atoms with Crippen molar-refractivity contribution in [1.82, 2.24) is 21.1 Å². The van der Waals surface area contributed by atoms with Gasteiger partial charge in [-0.05, 0) is 108 Å². The van der Waals surface area contributed by atoms with Gasteiger partial charge in [-0.2, -0.15) is 0 Å². The zero-order chi connectivity index (χ0) is 43.9. The first-order valence-electron chi connectivity index (χ1n) is 20.2. The Morgan fingerprint density at radius 3 is 2.44 bits per heavy atom. The number of carbonyl (C=O) groups excluding carboxylic acids is 6. The molecule has 59 heavy (non-hydrogen) atoms. The summed E-state index contributed by atoms with van der Waals surface area (Å²) in [7, 11) is 0. The van der Waals surface area contributed by atoms with Crippen molar-refractivity contribution >= 4 is 35.4 Å². The lowest BCUT2D eigenvalue weighted by Gasteiger charge is -2.35. The summed E-state index contributed by atoms with van der Waals surface area (Å²) in [6.07, 6.45) is 18.7. The topological polar surface area (TPSA) is 201 Å². The molecular weight excluding hydrogens is 757 g/mol. The fraction of sp³-hybridized carbons (Fsp3) is 0.511. The van der Waals surface area contributed by atoms with E-state index in [1.165, 1.54) is 42.3 Å². The zero-order valence-electron chi connectivity index (χ0n) is 35.5. The molecule has 1 aliphatic carbocycles. The van der Waals surface area contributed by atoms with Gasteiger partial charge in [-0.3, -0.25) is 24.2 Å². The number of aliphatic hydroxyl groups excluding tert-OH is 2. The standard InChI is InChI=1S/C45H62N4O10/c1-28(2)39-42(55)46-36(27-32-18-14-19-33(51)26-32)43(56)49-25-15-20-35(48-49)44(57)58-37(29(3)17-13-22-38(52)59-45(6,7)8)21-12-10-9-11-16-30(4)40(53)34(41(54)47-39)24-23-31(5)50/h9-14,16-17,19,22,26-28,34-37,39-40,48,51,53H,15,18,20-21,23-25H2,1-8H3,(H,46,55)(H,47,54). The van der Waals surface area contributed by atoms with Gasteiger partial charge in [0.25, 0.3) is 5.91 Å². The number of hydrazine groups is 1. The van der Waals surface area contributed by atoms with Crippen LogP contribution < -0.4 is 16.1 Å².